The lowest BCUT2D eigenvalue weighted by Crippen LogP contribution is -2.44. The Bertz CT molecular complexity index is 708. The fraction of sp³-hybridized carbons (Fsp3) is 0.353. The van der Waals surface area contributed by atoms with Gasteiger partial charge in [0.05, 0.1) is 19.2 Å². The van der Waals surface area contributed by atoms with Gasteiger partial charge in [0.1, 0.15) is 6.10 Å². The molecule has 1 unspecified atom stereocenters. The van der Waals surface area contributed by atoms with Gasteiger partial charge in [0.2, 0.25) is 11.8 Å². The lowest BCUT2D eigenvalue weighted by Gasteiger charge is -2.32. The smallest absolute Gasteiger partial charge is 0.255 e. The van der Waals surface area contributed by atoms with Crippen LogP contribution in [0, 0.1) is 3.57 Å². The van der Waals surface area contributed by atoms with Gasteiger partial charge in [-0.1, -0.05) is 12.1 Å². The molecule has 0 bridgehead atoms. The number of nitrogens with zero attached hydrogens (tertiary/aromatic N) is 3. The summed E-state index contributed by atoms with van der Waals surface area (Å²) in [6.07, 6.45) is 1.72. The third-order valence-corrected chi connectivity index (χ3v) is 4.82. The topological polar surface area (TPSA) is 64.6 Å². The number of amides is 1. The number of ether oxygens (including phenoxy) is 2. The van der Waals surface area contributed by atoms with Gasteiger partial charge < -0.3 is 14.4 Å². The van der Waals surface area contributed by atoms with Crippen molar-refractivity contribution >= 4 is 28.5 Å². The predicted octanol–water partition coefficient (Wildman–Crippen LogP) is 2.77. The Balaban J connectivity index is 1.65. The van der Waals surface area contributed by atoms with Gasteiger partial charge in [0.15, 0.2) is 0 Å². The highest BCUT2D eigenvalue weighted by Crippen LogP contribution is 2.21. The van der Waals surface area contributed by atoms with Gasteiger partial charge in [-0.15, -0.1) is 10.2 Å². The Kier molecular flexibility index (Phi) is 5.49. The number of methoxy groups -OCH3 is 1. The van der Waals surface area contributed by atoms with Crippen molar-refractivity contribution in [2.24, 2.45) is 0 Å². The SMILES string of the molecule is COc1ccc(OC2CCCN(C(=O)c3ccccc3I)C2)nn1. The molecule has 7 heteroatoms. The Morgan fingerprint density at radius 1 is 1.21 bits per heavy atom. The molecule has 3 rings (SSSR count). The second-order valence-corrected chi connectivity index (χ2v) is 6.69. The molecule has 1 aliphatic heterocycles. The minimum Gasteiger partial charge on any atom is -0.480 e. The zero-order valence-electron chi connectivity index (χ0n) is 13.3. The summed E-state index contributed by atoms with van der Waals surface area (Å²) in [6, 6.07) is 11.1. The Labute approximate surface area is 154 Å². The number of likely N-dealkylation sites (tertiary alicyclic amines) is 1. The predicted molar refractivity (Wildman–Crippen MR) is 97.3 cm³/mol. The van der Waals surface area contributed by atoms with Crippen LogP contribution in [0.4, 0.5) is 0 Å². The maximum atomic E-state index is 12.7. The number of piperidine rings is 1. The molecule has 1 saturated heterocycles. The summed E-state index contributed by atoms with van der Waals surface area (Å²) >= 11 is 2.19. The van der Waals surface area contributed by atoms with Crippen LogP contribution in [0.2, 0.25) is 0 Å². The summed E-state index contributed by atoms with van der Waals surface area (Å²) in [6.45, 7) is 1.30. The standard InChI is InChI=1S/C17H18IN3O3/c1-23-15-8-9-16(20-19-15)24-12-5-4-10-21(11-12)17(22)13-6-2-3-7-14(13)18/h2-3,6-9,12H,4-5,10-11H2,1H3. The molecule has 1 aromatic heterocycles. The van der Waals surface area contributed by atoms with Crippen molar-refractivity contribution < 1.29 is 14.3 Å². The first kappa shape index (κ1) is 16.9. The van der Waals surface area contributed by atoms with E-state index in [-0.39, 0.29) is 12.0 Å². The fourth-order valence-electron chi connectivity index (χ4n) is 2.67. The molecule has 2 aromatic rings. The molecule has 126 valence electrons. The zero-order chi connectivity index (χ0) is 16.9. The third-order valence-electron chi connectivity index (χ3n) is 3.88. The quantitative estimate of drug-likeness (QED) is 0.686. The highest BCUT2D eigenvalue weighted by atomic mass is 127. The van der Waals surface area contributed by atoms with Crippen LogP contribution in [0.1, 0.15) is 23.2 Å². The van der Waals surface area contributed by atoms with Crippen molar-refractivity contribution in [1.29, 1.82) is 0 Å². The van der Waals surface area contributed by atoms with Gasteiger partial charge in [-0.05, 0) is 47.6 Å². The molecular formula is C17H18IN3O3. The number of carbonyl (C=O) groups is 1. The van der Waals surface area contributed by atoms with Gasteiger partial charge in [0, 0.05) is 22.2 Å². The fourth-order valence-corrected chi connectivity index (χ4v) is 3.29. The van der Waals surface area contributed by atoms with Crippen molar-refractivity contribution in [2.75, 3.05) is 20.2 Å². The van der Waals surface area contributed by atoms with Crippen LogP contribution in [0.15, 0.2) is 36.4 Å². The van der Waals surface area contributed by atoms with Crippen molar-refractivity contribution in [3.63, 3.8) is 0 Å². The van der Waals surface area contributed by atoms with Crippen LogP contribution in [0.25, 0.3) is 0 Å². The highest BCUT2D eigenvalue weighted by Gasteiger charge is 2.26. The van der Waals surface area contributed by atoms with E-state index in [2.05, 4.69) is 32.8 Å². The Hall–Kier alpha value is -1.90. The van der Waals surface area contributed by atoms with E-state index in [0.717, 1.165) is 28.5 Å². The number of benzene rings is 1. The molecule has 1 aliphatic rings. The van der Waals surface area contributed by atoms with Crippen molar-refractivity contribution in [3.8, 4) is 11.8 Å². The molecule has 1 aromatic carbocycles. The maximum absolute atomic E-state index is 12.7. The van der Waals surface area contributed by atoms with E-state index in [1.807, 2.05) is 29.2 Å². The lowest BCUT2D eigenvalue weighted by molar-refractivity contribution is 0.0524. The van der Waals surface area contributed by atoms with E-state index in [0.29, 0.717) is 18.3 Å². The average molecular weight is 439 g/mol. The van der Waals surface area contributed by atoms with Crippen molar-refractivity contribution in [2.45, 2.75) is 18.9 Å². The first-order valence-corrected chi connectivity index (χ1v) is 8.83. The van der Waals surface area contributed by atoms with Gasteiger partial charge in [0.25, 0.3) is 5.91 Å². The van der Waals surface area contributed by atoms with Crippen LogP contribution < -0.4 is 9.47 Å². The number of carbonyl (C=O) groups excluding carboxylic acids is 1. The largest absolute Gasteiger partial charge is 0.480 e. The molecule has 0 aliphatic carbocycles. The van der Waals surface area contributed by atoms with Crippen LogP contribution in [0.3, 0.4) is 0 Å². The molecule has 0 spiro atoms. The molecule has 1 atom stereocenters. The number of hydrogen-bond acceptors (Lipinski definition) is 5. The lowest BCUT2D eigenvalue weighted by atomic mass is 10.1. The van der Waals surface area contributed by atoms with Gasteiger partial charge in [-0.3, -0.25) is 4.79 Å². The molecule has 0 N–H and O–H groups in total. The summed E-state index contributed by atoms with van der Waals surface area (Å²) in [4.78, 5) is 14.6. The summed E-state index contributed by atoms with van der Waals surface area (Å²) in [5.41, 5.74) is 0.739. The van der Waals surface area contributed by atoms with Crippen LogP contribution in [-0.2, 0) is 0 Å². The monoisotopic (exact) mass is 439 g/mol. The van der Waals surface area contributed by atoms with E-state index in [1.54, 1.807) is 19.2 Å². The van der Waals surface area contributed by atoms with Gasteiger partial charge in [-0.25, -0.2) is 0 Å². The molecule has 1 fully saturated rings. The average Bonchev–Trinajstić information content (AvgIpc) is 2.62. The maximum Gasteiger partial charge on any atom is 0.255 e. The van der Waals surface area contributed by atoms with E-state index >= 15 is 0 Å². The van der Waals surface area contributed by atoms with Crippen LogP contribution >= 0.6 is 22.6 Å². The summed E-state index contributed by atoms with van der Waals surface area (Å²) < 4.78 is 11.8. The van der Waals surface area contributed by atoms with Crippen LogP contribution in [0.5, 0.6) is 11.8 Å². The highest BCUT2D eigenvalue weighted by molar-refractivity contribution is 14.1. The summed E-state index contributed by atoms with van der Waals surface area (Å²) in [7, 11) is 1.54. The Morgan fingerprint density at radius 2 is 1.96 bits per heavy atom. The molecule has 0 saturated carbocycles. The van der Waals surface area contributed by atoms with Crippen molar-refractivity contribution in [3.05, 3.63) is 45.5 Å². The molecule has 6 nitrogen and oxygen atoms in total. The zero-order valence-corrected chi connectivity index (χ0v) is 15.5. The Morgan fingerprint density at radius 3 is 2.67 bits per heavy atom. The van der Waals surface area contributed by atoms with Gasteiger partial charge >= 0.3 is 0 Å². The second-order valence-electron chi connectivity index (χ2n) is 5.53. The number of hydrogen-bond donors (Lipinski definition) is 0. The second kappa shape index (κ2) is 7.78. The number of rotatable bonds is 4. The minimum atomic E-state index is -0.0771. The summed E-state index contributed by atoms with van der Waals surface area (Å²) in [5.74, 6) is 0.944. The number of halogens is 1. The van der Waals surface area contributed by atoms with Gasteiger partial charge in [-0.2, -0.15) is 0 Å². The van der Waals surface area contributed by atoms with Crippen molar-refractivity contribution in [1.82, 2.24) is 15.1 Å². The molecular weight excluding hydrogens is 421 g/mol. The first-order chi connectivity index (χ1) is 11.7. The van der Waals surface area contributed by atoms with Crippen LogP contribution in [-0.4, -0.2) is 47.3 Å². The molecule has 1 amide bonds. The minimum absolute atomic E-state index is 0.0501. The number of aromatic nitrogens is 2. The van der Waals surface area contributed by atoms with E-state index < -0.39 is 0 Å². The molecule has 24 heavy (non-hydrogen) atoms. The molecule has 2 heterocycles. The van der Waals surface area contributed by atoms with E-state index in [1.165, 1.54) is 0 Å². The normalized spacial score (nSPS) is 17.4. The van der Waals surface area contributed by atoms with E-state index in [9.17, 15) is 4.79 Å². The summed E-state index contributed by atoms with van der Waals surface area (Å²) in [5, 5.41) is 7.88. The molecule has 0 radical (unpaired) electrons. The first-order valence-electron chi connectivity index (χ1n) is 7.75. The third kappa shape index (κ3) is 3.95. The van der Waals surface area contributed by atoms with E-state index in [4.69, 9.17) is 9.47 Å².